The van der Waals surface area contributed by atoms with E-state index in [9.17, 15) is 17.2 Å². The first kappa shape index (κ1) is 15.6. The number of hydrogen-bond acceptors (Lipinski definition) is 4. The highest BCUT2D eigenvalue weighted by molar-refractivity contribution is 7.92. The van der Waals surface area contributed by atoms with Crippen LogP contribution in [0.4, 0.5) is 14.5 Å². The number of halogens is 3. The second-order valence-corrected chi connectivity index (χ2v) is 6.06. The van der Waals surface area contributed by atoms with Crippen molar-refractivity contribution in [1.82, 2.24) is 4.98 Å². The van der Waals surface area contributed by atoms with Crippen LogP contribution in [0.5, 0.6) is 0 Å². The summed E-state index contributed by atoms with van der Waals surface area (Å²) in [5.74, 6) is -1.88. The normalized spacial score (nSPS) is 11.4. The van der Waals surface area contributed by atoms with E-state index >= 15 is 0 Å². The number of sulfonamides is 1. The number of aliphatic hydroxyl groups is 1. The first-order valence-electron chi connectivity index (χ1n) is 5.56. The van der Waals surface area contributed by atoms with Crippen LogP contribution in [-0.4, -0.2) is 18.5 Å². The molecule has 0 unspecified atom stereocenters. The molecule has 1 aromatic carbocycles. The van der Waals surface area contributed by atoms with Crippen molar-refractivity contribution in [3.63, 3.8) is 0 Å². The van der Waals surface area contributed by atoms with Gasteiger partial charge in [0.1, 0.15) is 5.82 Å². The van der Waals surface area contributed by atoms with Gasteiger partial charge >= 0.3 is 0 Å². The molecule has 0 saturated carbocycles. The molecule has 0 aliphatic heterocycles. The maximum atomic E-state index is 13.6. The largest absolute Gasteiger partial charge is 0.392 e. The topological polar surface area (TPSA) is 79.3 Å². The summed E-state index contributed by atoms with van der Waals surface area (Å²) >= 11 is 5.58. The highest BCUT2D eigenvalue weighted by Gasteiger charge is 2.20. The minimum Gasteiger partial charge on any atom is -0.392 e. The summed E-state index contributed by atoms with van der Waals surface area (Å²) in [5.41, 5.74) is -0.418. The van der Waals surface area contributed by atoms with Gasteiger partial charge in [-0.25, -0.2) is 17.2 Å². The zero-order chi connectivity index (χ0) is 15.6. The molecule has 0 bridgehead atoms. The number of aromatic nitrogens is 1. The molecule has 1 aromatic heterocycles. The third-order valence-electron chi connectivity index (χ3n) is 2.57. The van der Waals surface area contributed by atoms with E-state index in [-0.39, 0.29) is 16.3 Å². The number of benzene rings is 1. The van der Waals surface area contributed by atoms with Crippen molar-refractivity contribution < 1.29 is 22.3 Å². The van der Waals surface area contributed by atoms with Gasteiger partial charge in [-0.2, -0.15) is 0 Å². The van der Waals surface area contributed by atoms with Gasteiger partial charge in [0.25, 0.3) is 10.0 Å². The lowest BCUT2D eigenvalue weighted by molar-refractivity contribution is 0.281. The van der Waals surface area contributed by atoms with Crippen LogP contribution in [0.1, 0.15) is 5.56 Å². The fourth-order valence-electron chi connectivity index (χ4n) is 1.55. The Hall–Kier alpha value is -1.77. The van der Waals surface area contributed by atoms with Crippen LogP contribution in [0.25, 0.3) is 0 Å². The molecule has 0 amide bonds. The molecule has 0 radical (unpaired) electrons. The predicted octanol–water partition coefficient (Wildman–Crippen LogP) is 2.31. The van der Waals surface area contributed by atoms with Crippen LogP contribution >= 0.6 is 11.6 Å². The van der Waals surface area contributed by atoms with Crippen molar-refractivity contribution in [2.45, 2.75) is 11.5 Å². The summed E-state index contributed by atoms with van der Waals surface area (Å²) < 4.78 is 53.1. The van der Waals surface area contributed by atoms with E-state index in [2.05, 4.69) is 4.98 Å². The quantitative estimate of drug-likeness (QED) is 0.899. The van der Waals surface area contributed by atoms with Gasteiger partial charge in [0, 0.05) is 11.8 Å². The molecule has 1 heterocycles. The van der Waals surface area contributed by atoms with E-state index in [4.69, 9.17) is 16.7 Å². The maximum absolute atomic E-state index is 13.6. The lowest BCUT2D eigenvalue weighted by atomic mass is 10.2. The van der Waals surface area contributed by atoms with Gasteiger partial charge < -0.3 is 5.11 Å². The summed E-state index contributed by atoms with van der Waals surface area (Å²) in [5, 5.41) is 8.66. The zero-order valence-corrected chi connectivity index (χ0v) is 11.9. The monoisotopic (exact) mass is 334 g/mol. The Morgan fingerprint density at radius 1 is 1.29 bits per heavy atom. The molecule has 112 valence electrons. The van der Waals surface area contributed by atoms with Gasteiger partial charge in [-0.15, -0.1) is 0 Å². The number of nitrogens with one attached hydrogen (secondary N) is 1. The fraction of sp³-hybridized carbons (Fsp3) is 0.0833. The van der Waals surface area contributed by atoms with Gasteiger partial charge in [0.15, 0.2) is 5.82 Å². The molecular weight excluding hydrogens is 326 g/mol. The molecule has 2 N–H and O–H groups in total. The zero-order valence-electron chi connectivity index (χ0n) is 10.3. The Balaban J connectivity index is 2.45. The van der Waals surface area contributed by atoms with Crippen molar-refractivity contribution in [3.05, 3.63) is 52.8 Å². The van der Waals surface area contributed by atoms with Gasteiger partial charge in [0.2, 0.25) is 0 Å². The number of anilines is 1. The second-order valence-electron chi connectivity index (χ2n) is 4.00. The molecule has 2 aromatic rings. The molecule has 0 aliphatic carbocycles. The predicted molar refractivity (Wildman–Crippen MR) is 72.3 cm³/mol. The van der Waals surface area contributed by atoms with E-state index in [1.807, 2.05) is 4.72 Å². The molecular formula is C12H9ClF2N2O3S. The Bertz CT molecular complexity index is 784. The van der Waals surface area contributed by atoms with Crippen molar-refractivity contribution in [3.8, 4) is 0 Å². The van der Waals surface area contributed by atoms with Crippen molar-refractivity contribution >= 4 is 27.3 Å². The molecule has 0 aliphatic rings. The Labute approximate surface area is 124 Å². The Kier molecular flexibility index (Phi) is 4.40. The average molecular weight is 335 g/mol. The third kappa shape index (κ3) is 3.29. The van der Waals surface area contributed by atoms with Crippen LogP contribution in [-0.2, 0) is 16.6 Å². The minimum absolute atomic E-state index is 0.0905. The van der Waals surface area contributed by atoms with Crippen LogP contribution in [0, 0.1) is 11.6 Å². The van der Waals surface area contributed by atoms with Crippen LogP contribution < -0.4 is 4.72 Å². The molecule has 2 rings (SSSR count). The van der Waals surface area contributed by atoms with E-state index < -0.39 is 33.2 Å². The molecule has 0 spiro atoms. The van der Waals surface area contributed by atoms with E-state index in [1.54, 1.807) is 0 Å². The summed E-state index contributed by atoms with van der Waals surface area (Å²) in [4.78, 5) is 3.00. The highest BCUT2D eigenvalue weighted by Crippen LogP contribution is 2.26. The molecule has 0 saturated heterocycles. The van der Waals surface area contributed by atoms with Gasteiger partial charge in [0.05, 0.1) is 28.4 Å². The SMILES string of the molecule is O=S(=O)(Nc1ccncc1F)c1cc(F)c(Cl)c(CO)c1. The number of rotatable bonds is 4. The number of hydrogen-bond donors (Lipinski definition) is 2. The summed E-state index contributed by atoms with van der Waals surface area (Å²) in [6.07, 6.45) is 2.03. The van der Waals surface area contributed by atoms with Gasteiger partial charge in [-0.05, 0) is 18.2 Å². The summed E-state index contributed by atoms with van der Waals surface area (Å²) in [7, 11) is -4.24. The first-order valence-corrected chi connectivity index (χ1v) is 7.42. The highest BCUT2D eigenvalue weighted by atomic mass is 35.5. The maximum Gasteiger partial charge on any atom is 0.262 e. The summed E-state index contributed by atoms with van der Waals surface area (Å²) in [6.45, 7) is -0.636. The van der Waals surface area contributed by atoms with Crippen LogP contribution in [0.3, 0.4) is 0 Å². The van der Waals surface area contributed by atoms with E-state index in [0.717, 1.165) is 18.3 Å². The Morgan fingerprint density at radius 3 is 2.62 bits per heavy atom. The number of aliphatic hydroxyl groups excluding tert-OH is 1. The molecule has 0 fully saturated rings. The average Bonchev–Trinajstić information content (AvgIpc) is 2.44. The summed E-state index contributed by atoms with van der Waals surface area (Å²) in [6, 6.07) is 2.81. The van der Waals surface area contributed by atoms with Crippen molar-refractivity contribution in [1.29, 1.82) is 0 Å². The molecule has 5 nitrogen and oxygen atoms in total. The molecule has 9 heteroatoms. The third-order valence-corrected chi connectivity index (χ3v) is 4.34. The van der Waals surface area contributed by atoms with E-state index in [1.165, 1.54) is 6.20 Å². The standard InChI is InChI=1S/C12H9ClF2N2O3S/c13-12-7(6-18)3-8(4-9(12)14)21(19,20)17-11-1-2-16-5-10(11)15/h1-5,18H,6H2,(H,16,17). The smallest absolute Gasteiger partial charge is 0.262 e. The van der Waals surface area contributed by atoms with Crippen molar-refractivity contribution in [2.24, 2.45) is 0 Å². The Morgan fingerprint density at radius 2 is 2.00 bits per heavy atom. The number of pyridine rings is 1. The molecule has 0 atom stereocenters. The van der Waals surface area contributed by atoms with Crippen LogP contribution in [0.2, 0.25) is 5.02 Å². The van der Waals surface area contributed by atoms with Crippen LogP contribution in [0.15, 0.2) is 35.5 Å². The van der Waals surface area contributed by atoms with E-state index in [0.29, 0.717) is 6.07 Å². The first-order chi connectivity index (χ1) is 9.85. The van der Waals surface area contributed by atoms with Gasteiger partial charge in [-0.3, -0.25) is 9.71 Å². The lowest BCUT2D eigenvalue weighted by Gasteiger charge is -2.11. The second kappa shape index (κ2) is 5.92. The lowest BCUT2D eigenvalue weighted by Crippen LogP contribution is -2.15. The molecule has 21 heavy (non-hydrogen) atoms. The number of nitrogens with zero attached hydrogens (tertiary/aromatic N) is 1. The van der Waals surface area contributed by atoms with Crippen molar-refractivity contribution in [2.75, 3.05) is 4.72 Å². The minimum atomic E-state index is -4.24. The fourth-order valence-corrected chi connectivity index (χ4v) is 2.85. The van der Waals surface area contributed by atoms with Gasteiger partial charge in [-0.1, -0.05) is 11.6 Å².